The van der Waals surface area contributed by atoms with Gasteiger partial charge >= 0.3 is 12.3 Å². The lowest BCUT2D eigenvalue weighted by Crippen LogP contribution is -2.58. The molecule has 1 saturated heterocycles. The summed E-state index contributed by atoms with van der Waals surface area (Å²) < 4.78 is 0.0387. The number of imide groups is 1. The molecule has 0 aliphatic carbocycles. The Hall–Kier alpha value is -1.48. The van der Waals surface area contributed by atoms with Gasteiger partial charge < -0.3 is 0 Å². The van der Waals surface area contributed by atoms with Crippen molar-refractivity contribution in [1.29, 1.82) is 0 Å². The van der Waals surface area contributed by atoms with Crippen LogP contribution in [0.2, 0.25) is 0 Å². The molecule has 1 aliphatic rings. The van der Waals surface area contributed by atoms with E-state index >= 15 is 0 Å². The summed E-state index contributed by atoms with van der Waals surface area (Å²) in [6.07, 6.45) is 8.12. The van der Waals surface area contributed by atoms with Crippen LogP contribution < -0.4 is 0 Å². The number of aryl methyl sites for hydroxylation is 1. The summed E-state index contributed by atoms with van der Waals surface area (Å²) in [4.78, 5) is 24.8. The third-order valence-electron chi connectivity index (χ3n) is 5.69. The van der Waals surface area contributed by atoms with Crippen molar-refractivity contribution in [3.8, 4) is 0 Å². The normalized spacial score (nSPS) is 24.0. The summed E-state index contributed by atoms with van der Waals surface area (Å²) in [7, 11) is 0. The highest BCUT2D eigenvalue weighted by atomic mass is 16.2. The summed E-state index contributed by atoms with van der Waals surface area (Å²) >= 11 is 0. The molecule has 1 unspecified atom stereocenters. The first-order chi connectivity index (χ1) is 11.4. The summed E-state index contributed by atoms with van der Waals surface area (Å²) in [6.45, 7) is 6.75. The first-order valence-corrected chi connectivity index (χ1v) is 9.35. The van der Waals surface area contributed by atoms with E-state index in [0.29, 0.717) is 6.54 Å². The van der Waals surface area contributed by atoms with E-state index in [2.05, 4.69) is 24.3 Å². The number of unbranched alkanes of at least 4 members (excludes halogenated alkanes) is 2. The van der Waals surface area contributed by atoms with Crippen LogP contribution in [-0.4, -0.2) is 29.4 Å². The molecule has 0 aromatic heterocycles. The van der Waals surface area contributed by atoms with Gasteiger partial charge in [0.15, 0.2) is 0 Å². The van der Waals surface area contributed by atoms with Crippen molar-refractivity contribution in [1.82, 2.24) is 0 Å². The summed E-state index contributed by atoms with van der Waals surface area (Å²) in [5, 5.41) is 0. The molecule has 1 aliphatic heterocycles. The number of hydrogen-bond acceptors (Lipinski definition) is 2. The molecule has 0 bridgehead atoms. The number of benzene rings is 1. The summed E-state index contributed by atoms with van der Waals surface area (Å²) in [5.41, 5.74) is 0.955. The van der Waals surface area contributed by atoms with Crippen LogP contribution in [0.3, 0.4) is 0 Å². The van der Waals surface area contributed by atoms with Gasteiger partial charge in [0.1, 0.15) is 6.04 Å². The van der Waals surface area contributed by atoms with Crippen LogP contribution in [0.15, 0.2) is 30.3 Å². The Morgan fingerprint density at radius 3 is 2.50 bits per heavy atom. The van der Waals surface area contributed by atoms with E-state index in [1.54, 1.807) is 0 Å². The Kier molecular flexibility index (Phi) is 6.34. The molecule has 2 rings (SSSR count). The monoisotopic (exact) mass is 330 g/mol. The Balaban J connectivity index is 1.82. The Morgan fingerprint density at radius 1 is 1.21 bits per heavy atom. The highest BCUT2D eigenvalue weighted by molar-refractivity contribution is 5.81. The molecule has 0 spiro atoms. The van der Waals surface area contributed by atoms with Crippen LogP contribution in [0.4, 0.5) is 0 Å². The molecular formula is C21H32NO2+. The minimum absolute atomic E-state index is 0.0387. The fourth-order valence-electron chi connectivity index (χ4n) is 3.99. The van der Waals surface area contributed by atoms with Gasteiger partial charge in [-0.3, -0.25) is 0 Å². The average molecular weight is 330 g/mol. The first kappa shape index (κ1) is 18.9. The number of amides is 2. The van der Waals surface area contributed by atoms with E-state index in [9.17, 15) is 9.59 Å². The number of quaternary nitrogens is 1. The van der Waals surface area contributed by atoms with E-state index in [-0.39, 0.29) is 16.4 Å². The third-order valence-corrected chi connectivity index (χ3v) is 5.69. The van der Waals surface area contributed by atoms with Gasteiger partial charge in [0.2, 0.25) is 0 Å². The second-order valence-electron chi connectivity index (χ2n) is 7.99. The zero-order chi connectivity index (χ0) is 17.6. The fourth-order valence-corrected chi connectivity index (χ4v) is 3.99. The van der Waals surface area contributed by atoms with Crippen molar-refractivity contribution in [2.45, 2.75) is 71.8 Å². The standard InChI is InChI=1S/C21H32NO2/c1-18-11-10-16-22(18,17-23)20(24)21(2,3)15-9-5-8-14-19-12-6-4-7-13-19/h4,6-7,12-13,17-18H,5,8-11,14-16H2,1-3H3/q+1/t18-,22?/m1/s1. The molecule has 1 aromatic carbocycles. The van der Waals surface area contributed by atoms with Crippen molar-refractivity contribution in [3.63, 3.8) is 0 Å². The highest BCUT2D eigenvalue weighted by Gasteiger charge is 2.51. The summed E-state index contributed by atoms with van der Waals surface area (Å²) in [5.74, 6) is 0.116. The minimum atomic E-state index is -0.424. The number of carbonyl (C=O) groups excluding carboxylic acids is 2. The van der Waals surface area contributed by atoms with Gasteiger partial charge in [0, 0.05) is 12.8 Å². The smallest absolute Gasteiger partial charge is 0.233 e. The average Bonchev–Trinajstić information content (AvgIpc) is 2.96. The van der Waals surface area contributed by atoms with Crippen LogP contribution in [0, 0.1) is 5.41 Å². The first-order valence-electron chi connectivity index (χ1n) is 9.35. The Morgan fingerprint density at radius 2 is 1.92 bits per heavy atom. The molecule has 0 radical (unpaired) electrons. The lowest BCUT2D eigenvalue weighted by molar-refractivity contribution is -0.783. The maximum atomic E-state index is 13.1. The van der Waals surface area contributed by atoms with E-state index in [1.807, 2.05) is 26.8 Å². The fraction of sp³-hybridized carbons (Fsp3) is 0.619. The van der Waals surface area contributed by atoms with Gasteiger partial charge in [-0.15, -0.1) is 0 Å². The molecule has 3 nitrogen and oxygen atoms in total. The van der Waals surface area contributed by atoms with Gasteiger partial charge in [-0.2, -0.15) is 4.48 Å². The SMILES string of the molecule is C[C@@H]1CCC[N+]1(C=O)C(=O)C(C)(C)CCCCCc1ccccc1. The van der Waals surface area contributed by atoms with Crippen LogP contribution >= 0.6 is 0 Å². The molecule has 132 valence electrons. The van der Waals surface area contributed by atoms with Crippen molar-refractivity contribution in [2.24, 2.45) is 5.41 Å². The zero-order valence-corrected chi connectivity index (χ0v) is 15.5. The van der Waals surface area contributed by atoms with Crippen molar-refractivity contribution in [3.05, 3.63) is 35.9 Å². The number of carbonyl (C=O) groups is 2. The second kappa shape index (κ2) is 8.06. The third kappa shape index (κ3) is 4.13. The molecule has 2 atom stereocenters. The van der Waals surface area contributed by atoms with E-state index in [4.69, 9.17) is 0 Å². The molecule has 0 N–H and O–H groups in total. The van der Waals surface area contributed by atoms with Crippen LogP contribution in [0.5, 0.6) is 0 Å². The van der Waals surface area contributed by atoms with Crippen molar-refractivity contribution < 1.29 is 14.1 Å². The lowest BCUT2D eigenvalue weighted by atomic mass is 9.84. The molecule has 1 heterocycles. The Bertz CT molecular complexity index is 552. The van der Waals surface area contributed by atoms with Gasteiger partial charge in [0.05, 0.1) is 12.0 Å². The number of hydrogen-bond donors (Lipinski definition) is 0. The highest BCUT2D eigenvalue weighted by Crippen LogP contribution is 2.35. The predicted octanol–water partition coefficient (Wildman–Crippen LogP) is 4.50. The molecule has 2 amide bonds. The topological polar surface area (TPSA) is 34.1 Å². The number of nitrogens with zero attached hydrogens (tertiary/aromatic N) is 1. The lowest BCUT2D eigenvalue weighted by Gasteiger charge is -2.35. The van der Waals surface area contributed by atoms with Crippen LogP contribution in [-0.2, 0) is 16.0 Å². The van der Waals surface area contributed by atoms with Gasteiger partial charge in [0.25, 0.3) is 0 Å². The van der Waals surface area contributed by atoms with Gasteiger partial charge in [-0.25, -0.2) is 9.59 Å². The maximum absolute atomic E-state index is 13.1. The number of rotatable bonds is 8. The minimum Gasteiger partial charge on any atom is -0.233 e. The second-order valence-corrected chi connectivity index (χ2v) is 7.99. The summed E-state index contributed by atoms with van der Waals surface area (Å²) in [6, 6.07) is 10.7. The van der Waals surface area contributed by atoms with Crippen molar-refractivity contribution in [2.75, 3.05) is 6.54 Å². The maximum Gasteiger partial charge on any atom is 0.326 e. The van der Waals surface area contributed by atoms with Gasteiger partial charge in [-0.1, -0.05) is 43.2 Å². The largest absolute Gasteiger partial charge is 0.326 e. The molecule has 24 heavy (non-hydrogen) atoms. The zero-order valence-electron chi connectivity index (χ0n) is 15.5. The predicted molar refractivity (Wildman–Crippen MR) is 97.3 cm³/mol. The van der Waals surface area contributed by atoms with E-state index < -0.39 is 5.41 Å². The van der Waals surface area contributed by atoms with E-state index in [0.717, 1.165) is 51.4 Å². The molecule has 3 heteroatoms. The quantitative estimate of drug-likeness (QED) is 0.399. The molecule has 0 saturated carbocycles. The van der Waals surface area contributed by atoms with Crippen LogP contribution in [0.1, 0.15) is 64.9 Å². The molecule has 1 fully saturated rings. The number of likely N-dealkylation sites (tertiary alicyclic amines) is 1. The molecule has 1 aromatic rings. The van der Waals surface area contributed by atoms with Crippen molar-refractivity contribution >= 4 is 12.3 Å². The Labute approximate surface area is 146 Å². The van der Waals surface area contributed by atoms with Gasteiger partial charge in [-0.05, 0) is 45.6 Å². The molecular weight excluding hydrogens is 298 g/mol. The van der Waals surface area contributed by atoms with E-state index in [1.165, 1.54) is 5.56 Å². The van der Waals surface area contributed by atoms with Crippen LogP contribution in [0.25, 0.3) is 0 Å².